The Hall–Kier alpha value is -2.49. The molecule has 0 fully saturated rings. The molecule has 0 aliphatic heterocycles. The van der Waals surface area contributed by atoms with Crippen molar-refractivity contribution >= 4 is 35.0 Å². The first kappa shape index (κ1) is 17.3. The zero-order valence-electron chi connectivity index (χ0n) is 13.2. The lowest BCUT2D eigenvalue weighted by Gasteiger charge is -2.19. The molecule has 1 amide bonds. The Morgan fingerprint density at radius 1 is 0.800 bits per heavy atom. The molecule has 1 atom stereocenters. The Morgan fingerprint density at radius 2 is 1.48 bits per heavy atom. The fourth-order valence-corrected chi connectivity index (χ4v) is 2.73. The monoisotopic (exact) mass is 371 g/mol. The number of carbonyl (C=O) groups excluding carboxylic acids is 1. The van der Waals surface area contributed by atoms with Crippen molar-refractivity contribution < 1.29 is 9.53 Å². The third kappa shape index (κ3) is 4.75. The van der Waals surface area contributed by atoms with E-state index in [-0.39, 0.29) is 0 Å². The van der Waals surface area contributed by atoms with Gasteiger partial charge in [-0.1, -0.05) is 71.7 Å². The molecule has 0 bridgehead atoms. The van der Waals surface area contributed by atoms with Crippen LogP contribution in [0, 0.1) is 0 Å². The van der Waals surface area contributed by atoms with Crippen molar-refractivity contribution in [2.24, 2.45) is 0 Å². The van der Waals surface area contributed by atoms with Crippen LogP contribution in [0.15, 0.2) is 78.9 Å². The Morgan fingerprint density at radius 3 is 2.16 bits per heavy atom. The zero-order chi connectivity index (χ0) is 17.6. The number of hydrogen-bond acceptors (Lipinski definition) is 2. The third-order valence-corrected chi connectivity index (χ3v) is 4.06. The normalized spacial score (nSPS) is 11.6. The number of hydrogen-bond donors (Lipinski definition) is 1. The van der Waals surface area contributed by atoms with Crippen LogP contribution >= 0.6 is 23.2 Å². The number of ether oxygens (including phenoxy) is 1. The van der Waals surface area contributed by atoms with Crippen molar-refractivity contribution in [3.63, 3.8) is 0 Å². The number of benzene rings is 3. The average molecular weight is 372 g/mol. The first-order valence-corrected chi connectivity index (χ1v) is 8.41. The van der Waals surface area contributed by atoms with Crippen LogP contribution in [-0.2, 0) is 4.74 Å². The highest BCUT2D eigenvalue weighted by atomic mass is 35.5. The van der Waals surface area contributed by atoms with Crippen molar-refractivity contribution in [3.8, 4) is 0 Å². The number of carbonyl (C=O) groups is 1. The van der Waals surface area contributed by atoms with Crippen molar-refractivity contribution in [1.82, 2.24) is 0 Å². The molecule has 0 saturated carbocycles. The standard InChI is InChI=1S/C20H15Cl2NO2/c21-16-11-9-15(10-12-16)19(14-5-2-1-3-6-14)25-20(24)23-18-8-4-7-17(22)13-18/h1-13,19H,(H,23,24)/t19-/m1/s1. The van der Waals surface area contributed by atoms with Gasteiger partial charge in [0.2, 0.25) is 0 Å². The lowest BCUT2D eigenvalue weighted by atomic mass is 10.0. The number of nitrogens with one attached hydrogen (secondary N) is 1. The van der Waals surface area contributed by atoms with E-state index in [0.717, 1.165) is 11.1 Å². The van der Waals surface area contributed by atoms with Gasteiger partial charge in [-0.05, 0) is 41.5 Å². The fourth-order valence-electron chi connectivity index (χ4n) is 2.41. The fraction of sp³-hybridized carbons (Fsp3) is 0.0500. The Balaban J connectivity index is 1.82. The summed E-state index contributed by atoms with van der Waals surface area (Å²) in [6.07, 6.45) is -1.11. The van der Waals surface area contributed by atoms with E-state index in [0.29, 0.717) is 15.7 Å². The van der Waals surface area contributed by atoms with E-state index in [1.165, 1.54) is 0 Å². The van der Waals surface area contributed by atoms with Gasteiger partial charge in [-0.15, -0.1) is 0 Å². The molecule has 0 aromatic heterocycles. The topological polar surface area (TPSA) is 38.3 Å². The summed E-state index contributed by atoms with van der Waals surface area (Å²) in [6.45, 7) is 0. The van der Waals surface area contributed by atoms with E-state index in [9.17, 15) is 4.79 Å². The van der Waals surface area contributed by atoms with Crippen LogP contribution in [0.25, 0.3) is 0 Å². The largest absolute Gasteiger partial charge is 0.436 e. The molecule has 0 unspecified atom stereocenters. The zero-order valence-corrected chi connectivity index (χ0v) is 14.7. The molecule has 0 aliphatic carbocycles. The summed E-state index contributed by atoms with van der Waals surface area (Å²) in [6, 6.07) is 23.6. The molecule has 3 rings (SSSR count). The molecule has 0 aliphatic rings. The molecule has 3 aromatic rings. The molecular formula is C20H15Cl2NO2. The number of anilines is 1. The van der Waals surface area contributed by atoms with Crippen LogP contribution in [0.1, 0.15) is 17.2 Å². The second kappa shape index (κ2) is 8.06. The number of rotatable bonds is 4. The van der Waals surface area contributed by atoms with Gasteiger partial charge in [-0.3, -0.25) is 5.32 Å². The van der Waals surface area contributed by atoms with Crippen molar-refractivity contribution in [2.75, 3.05) is 5.32 Å². The second-order valence-corrected chi connectivity index (χ2v) is 6.26. The summed E-state index contributed by atoms with van der Waals surface area (Å²) in [7, 11) is 0. The van der Waals surface area contributed by atoms with Gasteiger partial charge >= 0.3 is 6.09 Å². The molecule has 126 valence electrons. The summed E-state index contributed by atoms with van der Waals surface area (Å²) in [5, 5.41) is 3.85. The van der Waals surface area contributed by atoms with Gasteiger partial charge in [0.05, 0.1) is 0 Å². The van der Waals surface area contributed by atoms with Crippen LogP contribution in [0.3, 0.4) is 0 Å². The molecule has 3 aromatic carbocycles. The Labute approximate surface area is 156 Å². The summed E-state index contributed by atoms with van der Waals surface area (Å²) in [4.78, 5) is 12.3. The van der Waals surface area contributed by atoms with Gasteiger partial charge < -0.3 is 4.74 Å². The van der Waals surface area contributed by atoms with Crippen LogP contribution in [0.2, 0.25) is 10.0 Å². The molecule has 3 nitrogen and oxygen atoms in total. The first-order valence-electron chi connectivity index (χ1n) is 7.65. The summed E-state index contributed by atoms with van der Waals surface area (Å²) in [5.74, 6) is 0. The molecular weight excluding hydrogens is 357 g/mol. The maximum Gasteiger partial charge on any atom is 0.412 e. The molecule has 0 saturated heterocycles. The lowest BCUT2D eigenvalue weighted by Crippen LogP contribution is -2.18. The van der Waals surface area contributed by atoms with Gasteiger partial charge in [0.1, 0.15) is 0 Å². The van der Waals surface area contributed by atoms with Crippen LogP contribution in [-0.4, -0.2) is 6.09 Å². The molecule has 0 heterocycles. The predicted octanol–water partition coefficient (Wildman–Crippen LogP) is 6.33. The minimum Gasteiger partial charge on any atom is -0.436 e. The quantitative estimate of drug-likeness (QED) is 0.581. The van der Waals surface area contributed by atoms with E-state index >= 15 is 0 Å². The molecule has 0 radical (unpaired) electrons. The Bertz CT molecular complexity index is 851. The summed E-state index contributed by atoms with van der Waals surface area (Å²) < 4.78 is 5.67. The van der Waals surface area contributed by atoms with Gasteiger partial charge in [0, 0.05) is 15.7 Å². The highest BCUT2D eigenvalue weighted by molar-refractivity contribution is 6.31. The summed E-state index contributed by atoms with van der Waals surface area (Å²) in [5.41, 5.74) is 2.27. The van der Waals surface area contributed by atoms with Crippen molar-refractivity contribution in [2.45, 2.75) is 6.10 Å². The summed E-state index contributed by atoms with van der Waals surface area (Å²) >= 11 is 11.9. The van der Waals surface area contributed by atoms with E-state index in [4.69, 9.17) is 27.9 Å². The SMILES string of the molecule is O=C(Nc1cccc(Cl)c1)O[C@H](c1ccccc1)c1ccc(Cl)cc1. The number of amides is 1. The van der Waals surface area contributed by atoms with E-state index < -0.39 is 12.2 Å². The van der Waals surface area contributed by atoms with Gasteiger partial charge in [-0.2, -0.15) is 0 Å². The number of halogens is 2. The van der Waals surface area contributed by atoms with Gasteiger partial charge in [0.25, 0.3) is 0 Å². The smallest absolute Gasteiger partial charge is 0.412 e. The lowest BCUT2D eigenvalue weighted by molar-refractivity contribution is 0.131. The van der Waals surface area contributed by atoms with E-state index in [1.54, 1.807) is 36.4 Å². The molecule has 5 heteroatoms. The highest BCUT2D eigenvalue weighted by Gasteiger charge is 2.19. The maximum absolute atomic E-state index is 12.3. The molecule has 1 N–H and O–H groups in total. The van der Waals surface area contributed by atoms with Gasteiger partial charge in [0.15, 0.2) is 6.10 Å². The molecule has 25 heavy (non-hydrogen) atoms. The second-order valence-electron chi connectivity index (χ2n) is 5.38. The molecule has 0 spiro atoms. The van der Waals surface area contributed by atoms with Crippen LogP contribution < -0.4 is 5.32 Å². The third-order valence-electron chi connectivity index (χ3n) is 3.57. The minimum atomic E-state index is -0.564. The maximum atomic E-state index is 12.3. The van der Waals surface area contributed by atoms with Crippen molar-refractivity contribution in [1.29, 1.82) is 0 Å². The van der Waals surface area contributed by atoms with E-state index in [2.05, 4.69) is 5.32 Å². The average Bonchev–Trinajstić information content (AvgIpc) is 2.61. The van der Waals surface area contributed by atoms with E-state index in [1.807, 2.05) is 42.5 Å². The van der Waals surface area contributed by atoms with Gasteiger partial charge in [-0.25, -0.2) is 4.79 Å². The predicted molar refractivity (Wildman–Crippen MR) is 101 cm³/mol. The Kier molecular flexibility index (Phi) is 5.59. The highest BCUT2D eigenvalue weighted by Crippen LogP contribution is 2.28. The van der Waals surface area contributed by atoms with Crippen LogP contribution in [0.5, 0.6) is 0 Å². The van der Waals surface area contributed by atoms with Crippen LogP contribution in [0.4, 0.5) is 10.5 Å². The minimum absolute atomic E-state index is 0.537. The van der Waals surface area contributed by atoms with Crippen molar-refractivity contribution in [3.05, 3.63) is 100 Å². The first-order chi connectivity index (χ1) is 12.1.